The van der Waals surface area contributed by atoms with Gasteiger partial charge in [0.2, 0.25) is 0 Å². The molecule has 1 aliphatic heterocycles. The van der Waals surface area contributed by atoms with Gasteiger partial charge in [-0.25, -0.2) is 9.78 Å². The molecular formula is C12H16N2O2. The van der Waals surface area contributed by atoms with Crippen LogP contribution in [0.1, 0.15) is 30.1 Å². The Morgan fingerprint density at radius 1 is 1.69 bits per heavy atom. The lowest BCUT2D eigenvalue weighted by atomic mass is 10.1. The molecule has 0 amide bonds. The molecule has 0 radical (unpaired) electrons. The second kappa shape index (κ2) is 4.51. The third-order valence-electron chi connectivity index (χ3n) is 3.18. The molecule has 1 unspecified atom stereocenters. The summed E-state index contributed by atoms with van der Waals surface area (Å²) in [6.07, 6.45) is 3.92. The third-order valence-corrected chi connectivity index (χ3v) is 3.18. The molecule has 0 spiro atoms. The summed E-state index contributed by atoms with van der Waals surface area (Å²) in [5, 5.41) is 8.90. The van der Waals surface area contributed by atoms with E-state index >= 15 is 0 Å². The summed E-state index contributed by atoms with van der Waals surface area (Å²) in [6, 6.07) is 3.18. The monoisotopic (exact) mass is 220 g/mol. The molecule has 86 valence electrons. The summed E-state index contributed by atoms with van der Waals surface area (Å²) in [4.78, 5) is 17.2. The molecular weight excluding hydrogens is 204 g/mol. The maximum Gasteiger partial charge on any atom is 0.335 e. The molecule has 1 N–H and O–H groups in total. The van der Waals surface area contributed by atoms with Crippen LogP contribution in [0, 0.1) is 5.92 Å². The Balaban J connectivity index is 2.15. The van der Waals surface area contributed by atoms with Crippen LogP contribution in [-0.4, -0.2) is 29.1 Å². The van der Waals surface area contributed by atoms with E-state index in [1.165, 1.54) is 18.9 Å². The highest BCUT2D eigenvalue weighted by Gasteiger charge is 2.22. The summed E-state index contributed by atoms with van der Waals surface area (Å²) in [6.45, 7) is 4.16. The zero-order chi connectivity index (χ0) is 11.5. The number of rotatable bonds is 3. The minimum atomic E-state index is -0.894. The highest BCUT2D eigenvalue weighted by atomic mass is 16.4. The number of aromatic carboxylic acids is 1. The van der Waals surface area contributed by atoms with Crippen molar-refractivity contribution in [1.82, 2.24) is 4.98 Å². The van der Waals surface area contributed by atoms with Crippen LogP contribution in [0.5, 0.6) is 0 Å². The van der Waals surface area contributed by atoms with E-state index in [0.29, 0.717) is 5.56 Å². The van der Waals surface area contributed by atoms with Gasteiger partial charge in [0, 0.05) is 19.3 Å². The van der Waals surface area contributed by atoms with Crippen molar-refractivity contribution in [1.29, 1.82) is 0 Å². The maximum atomic E-state index is 10.8. The number of nitrogens with zero attached hydrogens (tertiary/aromatic N) is 2. The van der Waals surface area contributed by atoms with Gasteiger partial charge in [0.15, 0.2) is 0 Å². The van der Waals surface area contributed by atoms with Crippen molar-refractivity contribution in [2.75, 3.05) is 18.0 Å². The van der Waals surface area contributed by atoms with E-state index in [1.54, 1.807) is 12.3 Å². The van der Waals surface area contributed by atoms with Crippen LogP contribution in [0.3, 0.4) is 0 Å². The Hall–Kier alpha value is -1.58. The van der Waals surface area contributed by atoms with Gasteiger partial charge in [0.25, 0.3) is 0 Å². The molecule has 4 heteroatoms. The minimum Gasteiger partial charge on any atom is -0.478 e. The van der Waals surface area contributed by atoms with Crippen LogP contribution in [0.2, 0.25) is 0 Å². The number of pyridine rings is 1. The van der Waals surface area contributed by atoms with Gasteiger partial charge >= 0.3 is 5.97 Å². The molecule has 4 nitrogen and oxygen atoms in total. The first-order chi connectivity index (χ1) is 7.70. The predicted octanol–water partition coefficient (Wildman–Crippen LogP) is 2.02. The largest absolute Gasteiger partial charge is 0.478 e. The van der Waals surface area contributed by atoms with Gasteiger partial charge in [-0.1, -0.05) is 13.3 Å². The van der Waals surface area contributed by atoms with Crippen LogP contribution < -0.4 is 4.90 Å². The van der Waals surface area contributed by atoms with Gasteiger partial charge < -0.3 is 10.0 Å². The quantitative estimate of drug-likeness (QED) is 0.846. The molecule has 1 atom stereocenters. The molecule has 0 aliphatic carbocycles. The normalized spacial score (nSPS) is 20.1. The summed E-state index contributed by atoms with van der Waals surface area (Å²) in [7, 11) is 0. The third kappa shape index (κ3) is 2.15. The Morgan fingerprint density at radius 3 is 3.12 bits per heavy atom. The number of carbonyl (C=O) groups is 1. The van der Waals surface area contributed by atoms with Crippen molar-refractivity contribution in [2.24, 2.45) is 5.92 Å². The Kier molecular flexibility index (Phi) is 3.08. The summed E-state index contributed by atoms with van der Waals surface area (Å²) < 4.78 is 0. The van der Waals surface area contributed by atoms with Gasteiger partial charge in [-0.05, 0) is 24.5 Å². The zero-order valence-corrected chi connectivity index (χ0v) is 9.39. The number of aromatic nitrogens is 1. The molecule has 1 fully saturated rings. The zero-order valence-electron chi connectivity index (χ0n) is 9.39. The molecule has 0 aromatic carbocycles. The van der Waals surface area contributed by atoms with Crippen molar-refractivity contribution >= 4 is 11.8 Å². The highest BCUT2D eigenvalue weighted by molar-refractivity contribution is 5.88. The average Bonchev–Trinajstić information content (AvgIpc) is 2.77. The van der Waals surface area contributed by atoms with Crippen molar-refractivity contribution in [3.63, 3.8) is 0 Å². The lowest BCUT2D eigenvalue weighted by Crippen LogP contribution is -2.21. The number of carboxylic acids is 1. The summed E-state index contributed by atoms with van der Waals surface area (Å²) in [5.41, 5.74) is 0.310. The first-order valence-electron chi connectivity index (χ1n) is 5.65. The van der Waals surface area contributed by atoms with E-state index in [2.05, 4.69) is 16.8 Å². The molecule has 16 heavy (non-hydrogen) atoms. The molecule has 1 aliphatic rings. The van der Waals surface area contributed by atoms with E-state index in [4.69, 9.17) is 5.11 Å². The first-order valence-corrected chi connectivity index (χ1v) is 5.65. The van der Waals surface area contributed by atoms with Crippen LogP contribution in [-0.2, 0) is 0 Å². The summed E-state index contributed by atoms with van der Waals surface area (Å²) in [5.74, 6) is 0.612. The second-order valence-corrected chi connectivity index (χ2v) is 4.22. The van der Waals surface area contributed by atoms with Gasteiger partial charge in [-0.2, -0.15) is 0 Å². The molecule has 0 saturated carbocycles. The Morgan fingerprint density at radius 2 is 2.50 bits per heavy atom. The second-order valence-electron chi connectivity index (χ2n) is 4.22. The van der Waals surface area contributed by atoms with Gasteiger partial charge in [-0.3, -0.25) is 0 Å². The molecule has 0 bridgehead atoms. The lowest BCUT2D eigenvalue weighted by molar-refractivity contribution is 0.0697. The number of anilines is 1. The standard InChI is InChI=1S/C12H16N2O2/c1-2-9-4-6-14(8-9)11-7-10(12(15)16)3-5-13-11/h3,5,7,9H,2,4,6,8H2,1H3,(H,15,16). The Labute approximate surface area is 94.9 Å². The van der Waals surface area contributed by atoms with Gasteiger partial charge in [0.05, 0.1) is 5.56 Å². The topological polar surface area (TPSA) is 53.4 Å². The predicted molar refractivity (Wildman–Crippen MR) is 61.8 cm³/mol. The molecule has 1 aromatic rings. The van der Waals surface area contributed by atoms with E-state index < -0.39 is 5.97 Å². The van der Waals surface area contributed by atoms with Crippen molar-refractivity contribution in [3.8, 4) is 0 Å². The SMILES string of the molecule is CCC1CCN(c2cc(C(=O)O)ccn2)C1. The highest BCUT2D eigenvalue weighted by Crippen LogP contribution is 2.24. The fourth-order valence-electron chi connectivity index (χ4n) is 2.10. The molecule has 2 heterocycles. The van der Waals surface area contributed by atoms with E-state index in [0.717, 1.165) is 24.8 Å². The van der Waals surface area contributed by atoms with E-state index in [-0.39, 0.29) is 0 Å². The number of hydrogen-bond acceptors (Lipinski definition) is 3. The minimum absolute atomic E-state index is 0.310. The van der Waals surface area contributed by atoms with E-state index in [1.807, 2.05) is 0 Å². The van der Waals surface area contributed by atoms with Crippen LogP contribution in [0.15, 0.2) is 18.3 Å². The molecule has 1 aromatic heterocycles. The number of carboxylic acid groups (broad SMARTS) is 1. The molecule has 2 rings (SSSR count). The first kappa shape index (κ1) is 10.9. The maximum absolute atomic E-state index is 10.8. The van der Waals surface area contributed by atoms with Gasteiger partial charge in [-0.15, -0.1) is 0 Å². The fraction of sp³-hybridized carbons (Fsp3) is 0.500. The molecule has 1 saturated heterocycles. The Bertz CT molecular complexity index is 392. The van der Waals surface area contributed by atoms with E-state index in [9.17, 15) is 4.79 Å². The number of hydrogen-bond donors (Lipinski definition) is 1. The summed E-state index contributed by atoms with van der Waals surface area (Å²) >= 11 is 0. The van der Waals surface area contributed by atoms with Crippen LogP contribution >= 0.6 is 0 Å². The van der Waals surface area contributed by atoms with Gasteiger partial charge in [0.1, 0.15) is 5.82 Å². The average molecular weight is 220 g/mol. The van der Waals surface area contributed by atoms with Crippen molar-refractivity contribution in [2.45, 2.75) is 19.8 Å². The fourth-order valence-corrected chi connectivity index (χ4v) is 2.10. The van der Waals surface area contributed by atoms with Crippen molar-refractivity contribution < 1.29 is 9.90 Å². The lowest BCUT2D eigenvalue weighted by Gasteiger charge is -2.17. The van der Waals surface area contributed by atoms with Crippen molar-refractivity contribution in [3.05, 3.63) is 23.9 Å². The van der Waals surface area contributed by atoms with Crippen LogP contribution in [0.4, 0.5) is 5.82 Å². The smallest absolute Gasteiger partial charge is 0.335 e. The van der Waals surface area contributed by atoms with Crippen LogP contribution in [0.25, 0.3) is 0 Å².